The Bertz CT molecular complexity index is 1350. The van der Waals surface area contributed by atoms with Crippen LogP contribution in [-0.2, 0) is 14.3 Å². The second-order valence-electron chi connectivity index (χ2n) is 11.2. The van der Waals surface area contributed by atoms with Gasteiger partial charge in [-0.25, -0.2) is 0 Å². The van der Waals surface area contributed by atoms with Gasteiger partial charge in [-0.05, 0) is 85.5 Å². The molecule has 0 unspecified atom stereocenters. The number of hydrogen-bond donors (Lipinski definition) is 2. The molecule has 40 heavy (non-hydrogen) atoms. The number of H-pyrrole nitrogens is 1. The fourth-order valence-corrected chi connectivity index (χ4v) is 6.16. The number of carbonyl (C=O) groups is 2. The van der Waals surface area contributed by atoms with E-state index in [2.05, 4.69) is 48.4 Å². The minimum absolute atomic E-state index is 0.0988. The van der Waals surface area contributed by atoms with Crippen LogP contribution in [0.4, 0.5) is 0 Å². The number of ether oxygens (including phenoxy) is 3. The van der Waals surface area contributed by atoms with Gasteiger partial charge in [-0.3, -0.25) is 9.59 Å². The van der Waals surface area contributed by atoms with E-state index in [0.29, 0.717) is 43.0 Å². The SMILES string of the molecule is COc1ccc(-c2[nH]c3ccc(C4CCN(C(=O)COC(=O)[C@@H]5CCCNC5)CC4)cc3c2C(C)C)cc1OC. The molecule has 1 amide bonds. The zero-order valence-electron chi connectivity index (χ0n) is 24.0. The molecule has 8 nitrogen and oxygen atoms in total. The highest BCUT2D eigenvalue weighted by atomic mass is 16.5. The lowest BCUT2D eigenvalue weighted by molar-refractivity contribution is -0.156. The summed E-state index contributed by atoms with van der Waals surface area (Å²) < 4.78 is 16.4. The van der Waals surface area contributed by atoms with E-state index in [1.54, 1.807) is 14.2 Å². The summed E-state index contributed by atoms with van der Waals surface area (Å²) in [6, 6.07) is 12.7. The first kappa shape index (κ1) is 28.0. The maximum atomic E-state index is 12.8. The average Bonchev–Trinajstić information content (AvgIpc) is 3.39. The lowest BCUT2D eigenvalue weighted by atomic mass is 9.87. The number of nitrogens with zero attached hydrogens (tertiary/aromatic N) is 1. The first-order valence-electron chi connectivity index (χ1n) is 14.4. The quantitative estimate of drug-likeness (QED) is 0.376. The molecule has 214 valence electrons. The predicted octanol–water partition coefficient (Wildman–Crippen LogP) is 5.22. The van der Waals surface area contributed by atoms with Crippen LogP contribution in [-0.4, -0.2) is 68.8 Å². The van der Waals surface area contributed by atoms with Crippen molar-refractivity contribution in [2.45, 2.75) is 51.4 Å². The molecule has 0 spiro atoms. The van der Waals surface area contributed by atoms with Gasteiger partial charge in [-0.15, -0.1) is 0 Å². The third kappa shape index (κ3) is 5.82. The Morgan fingerprint density at radius 1 is 1.00 bits per heavy atom. The van der Waals surface area contributed by atoms with Crippen molar-refractivity contribution in [1.82, 2.24) is 15.2 Å². The van der Waals surface area contributed by atoms with Gasteiger partial charge in [0.05, 0.1) is 25.8 Å². The van der Waals surface area contributed by atoms with Crippen molar-refractivity contribution in [3.63, 3.8) is 0 Å². The molecule has 0 aliphatic carbocycles. The van der Waals surface area contributed by atoms with Gasteiger partial charge >= 0.3 is 5.97 Å². The molecule has 1 atom stereocenters. The smallest absolute Gasteiger partial charge is 0.310 e. The van der Waals surface area contributed by atoms with Gasteiger partial charge in [0.1, 0.15) is 0 Å². The molecule has 2 aliphatic rings. The maximum Gasteiger partial charge on any atom is 0.310 e. The number of aromatic amines is 1. The van der Waals surface area contributed by atoms with Crippen LogP contribution in [0.5, 0.6) is 11.5 Å². The summed E-state index contributed by atoms with van der Waals surface area (Å²) in [5, 5.41) is 4.45. The van der Waals surface area contributed by atoms with Crippen molar-refractivity contribution in [2.75, 3.05) is 47.0 Å². The van der Waals surface area contributed by atoms with Crippen LogP contribution in [0.1, 0.15) is 62.5 Å². The molecule has 8 heteroatoms. The number of carbonyl (C=O) groups excluding carboxylic acids is 2. The van der Waals surface area contributed by atoms with Crippen LogP contribution in [0.25, 0.3) is 22.2 Å². The Morgan fingerprint density at radius 3 is 2.45 bits per heavy atom. The van der Waals surface area contributed by atoms with Gasteiger partial charge in [0.15, 0.2) is 18.1 Å². The van der Waals surface area contributed by atoms with Crippen molar-refractivity contribution in [3.8, 4) is 22.8 Å². The Morgan fingerprint density at radius 2 is 1.77 bits per heavy atom. The number of aromatic nitrogens is 1. The van der Waals surface area contributed by atoms with Crippen molar-refractivity contribution in [1.29, 1.82) is 0 Å². The van der Waals surface area contributed by atoms with E-state index in [9.17, 15) is 9.59 Å². The van der Waals surface area contributed by atoms with Crippen LogP contribution in [0.3, 0.4) is 0 Å². The highest BCUT2D eigenvalue weighted by Gasteiger charge is 2.27. The molecular formula is C32H41N3O5. The van der Waals surface area contributed by atoms with Crippen LogP contribution in [0, 0.1) is 5.92 Å². The zero-order chi connectivity index (χ0) is 28.2. The number of piperidine rings is 2. The van der Waals surface area contributed by atoms with Gasteiger partial charge in [0.2, 0.25) is 0 Å². The fourth-order valence-electron chi connectivity index (χ4n) is 6.16. The van der Waals surface area contributed by atoms with Crippen molar-refractivity contribution in [3.05, 3.63) is 47.5 Å². The number of likely N-dealkylation sites (tertiary alicyclic amines) is 1. The highest BCUT2D eigenvalue weighted by Crippen LogP contribution is 2.40. The molecule has 2 aliphatic heterocycles. The van der Waals surface area contributed by atoms with Crippen LogP contribution < -0.4 is 14.8 Å². The summed E-state index contributed by atoms with van der Waals surface area (Å²) in [4.78, 5) is 30.6. The Kier molecular flexibility index (Phi) is 8.64. The van der Waals surface area contributed by atoms with Crippen LogP contribution >= 0.6 is 0 Å². The summed E-state index contributed by atoms with van der Waals surface area (Å²) in [6.45, 7) is 7.20. The number of benzene rings is 2. The van der Waals surface area contributed by atoms with E-state index in [0.717, 1.165) is 49.0 Å². The fraction of sp³-hybridized carbons (Fsp3) is 0.500. The van der Waals surface area contributed by atoms with E-state index in [-0.39, 0.29) is 24.4 Å². The monoisotopic (exact) mass is 547 g/mol. The summed E-state index contributed by atoms with van der Waals surface area (Å²) in [5.41, 5.74) is 5.86. The molecular weight excluding hydrogens is 506 g/mol. The Labute approximate surface area is 236 Å². The lowest BCUT2D eigenvalue weighted by Crippen LogP contribution is -2.41. The average molecular weight is 548 g/mol. The van der Waals surface area contributed by atoms with Crippen LogP contribution in [0.15, 0.2) is 36.4 Å². The normalized spacial score (nSPS) is 18.2. The van der Waals surface area contributed by atoms with E-state index in [1.807, 2.05) is 17.0 Å². The molecule has 2 N–H and O–H groups in total. The maximum absolute atomic E-state index is 12.8. The minimum atomic E-state index is -0.261. The third-order valence-electron chi connectivity index (χ3n) is 8.40. The second kappa shape index (κ2) is 12.3. The van der Waals surface area contributed by atoms with E-state index in [4.69, 9.17) is 14.2 Å². The topological polar surface area (TPSA) is 92.9 Å². The Hall–Kier alpha value is -3.52. The molecule has 0 saturated carbocycles. The molecule has 3 aromatic rings. The minimum Gasteiger partial charge on any atom is -0.493 e. The second-order valence-corrected chi connectivity index (χ2v) is 11.2. The largest absolute Gasteiger partial charge is 0.493 e. The first-order valence-corrected chi connectivity index (χ1v) is 14.4. The molecule has 0 radical (unpaired) electrons. The van der Waals surface area contributed by atoms with Gasteiger partial charge in [0.25, 0.3) is 5.91 Å². The van der Waals surface area contributed by atoms with Gasteiger partial charge in [0, 0.05) is 36.1 Å². The molecule has 2 saturated heterocycles. The van der Waals surface area contributed by atoms with Crippen molar-refractivity contribution >= 4 is 22.8 Å². The van der Waals surface area contributed by atoms with Gasteiger partial charge in [-0.1, -0.05) is 19.9 Å². The first-order chi connectivity index (χ1) is 19.4. The standard InChI is InChI=1S/C32H41N3O5/c1-20(2)30-25-16-22(7-9-26(25)34-31(30)23-8-10-27(38-3)28(17-23)39-4)21-11-14-35(15-12-21)29(36)19-40-32(37)24-6-5-13-33-18-24/h7-10,16-17,20-21,24,33-34H,5-6,11-15,18-19H2,1-4H3/t24-/m1/s1. The number of methoxy groups -OCH3 is 2. The number of nitrogens with one attached hydrogen (secondary N) is 2. The third-order valence-corrected chi connectivity index (χ3v) is 8.40. The highest BCUT2D eigenvalue weighted by molar-refractivity contribution is 5.92. The lowest BCUT2D eigenvalue weighted by Gasteiger charge is -2.32. The van der Waals surface area contributed by atoms with Gasteiger partial charge in [-0.2, -0.15) is 0 Å². The summed E-state index contributed by atoms with van der Waals surface area (Å²) >= 11 is 0. The zero-order valence-corrected chi connectivity index (χ0v) is 24.0. The summed E-state index contributed by atoms with van der Waals surface area (Å²) in [5.74, 6) is 1.61. The molecule has 2 aromatic carbocycles. The van der Waals surface area contributed by atoms with Crippen LogP contribution in [0.2, 0.25) is 0 Å². The van der Waals surface area contributed by atoms with E-state index >= 15 is 0 Å². The summed E-state index contributed by atoms with van der Waals surface area (Å²) in [6.07, 6.45) is 3.57. The number of amides is 1. The number of rotatable bonds is 8. The summed E-state index contributed by atoms with van der Waals surface area (Å²) in [7, 11) is 3.30. The van der Waals surface area contributed by atoms with Gasteiger partial charge < -0.3 is 29.4 Å². The molecule has 3 heterocycles. The molecule has 0 bridgehead atoms. The number of esters is 1. The molecule has 2 fully saturated rings. The number of hydrogen-bond acceptors (Lipinski definition) is 6. The van der Waals surface area contributed by atoms with E-state index < -0.39 is 0 Å². The number of fused-ring (bicyclic) bond motifs is 1. The molecule has 5 rings (SSSR count). The van der Waals surface area contributed by atoms with Crippen molar-refractivity contribution in [2.24, 2.45) is 5.92 Å². The van der Waals surface area contributed by atoms with Crippen molar-refractivity contribution < 1.29 is 23.8 Å². The molecule has 1 aromatic heterocycles. The Balaban J connectivity index is 1.27. The van der Waals surface area contributed by atoms with E-state index in [1.165, 1.54) is 16.5 Å². The predicted molar refractivity (Wildman–Crippen MR) is 156 cm³/mol.